The molecule has 0 heterocycles. The Bertz CT molecular complexity index is 134. The molecule has 0 aromatic carbocycles. The van der Waals surface area contributed by atoms with Crippen LogP contribution in [0.4, 0.5) is 0 Å². The second-order valence-electron chi connectivity index (χ2n) is 2.85. The molecule has 0 aromatic heterocycles. The Kier molecular flexibility index (Phi) is 4.61. The van der Waals surface area contributed by atoms with Gasteiger partial charge in [-0.2, -0.15) is 0 Å². The lowest BCUT2D eigenvalue weighted by atomic mass is 10.1. The second-order valence-corrected chi connectivity index (χ2v) is 2.85. The van der Waals surface area contributed by atoms with Crippen LogP contribution in [-0.2, 0) is 4.74 Å². The van der Waals surface area contributed by atoms with Crippen LogP contribution >= 0.6 is 0 Å². The summed E-state index contributed by atoms with van der Waals surface area (Å²) < 4.78 is 5.24. The molecule has 1 unspecified atom stereocenters. The summed E-state index contributed by atoms with van der Waals surface area (Å²) in [6, 6.07) is 0. The number of nitrogens with two attached hydrogens (primary N) is 1. The lowest BCUT2D eigenvalue weighted by Crippen LogP contribution is -2.25. The number of rotatable bonds is 4. The minimum Gasteiger partial charge on any atom is -0.409 e. The number of hydrogen-bond acceptors (Lipinski definition) is 3. The van der Waals surface area contributed by atoms with Gasteiger partial charge in [-0.25, -0.2) is 0 Å². The van der Waals surface area contributed by atoms with Gasteiger partial charge in [0.05, 0.1) is 6.10 Å². The quantitative estimate of drug-likeness (QED) is 0.276. The normalized spacial score (nSPS) is 15.5. The van der Waals surface area contributed by atoms with Crippen LogP contribution in [0.15, 0.2) is 5.16 Å². The number of oxime groups is 1. The van der Waals surface area contributed by atoms with Gasteiger partial charge >= 0.3 is 0 Å². The van der Waals surface area contributed by atoms with Crippen LogP contribution in [0, 0.1) is 5.92 Å². The second kappa shape index (κ2) is 4.96. The molecule has 0 aromatic rings. The number of amidine groups is 1. The van der Waals surface area contributed by atoms with E-state index in [1.807, 2.05) is 6.92 Å². The third kappa shape index (κ3) is 4.61. The van der Waals surface area contributed by atoms with Crippen molar-refractivity contribution in [2.45, 2.75) is 26.9 Å². The first kappa shape index (κ1) is 10.2. The number of ether oxygens (including phenoxy) is 1. The van der Waals surface area contributed by atoms with Gasteiger partial charge in [0, 0.05) is 0 Å². The maximum atomic E-state index is 8.17. The molecule has 3 N–H and O–H groups in total. The van der Waals surface area contributed by atoms with Gasteiger partial charge in [0.1, 0.15) is 6.61 Å². The van der Waals surface area contributed by atoms with Gasteiger partial charge in [0.2, 0.25) is 0 Å². The van der Waals surface area contributed by atoms with Crippen LogP contribution in [0.5, 0.6) is 0 Å². The highest BCUT2D eigenvalue weighted by Gasteiger charge is 2.07. The van der Waals surface area contributed by atoms with Crippen molar-refractivity contribution in [3.05, 3.63) is 0 Å². The van der Waals surface area contributed by atoms with Gasteiger partial charge in [0.25, 0.3) is 0 Å². The van der Waals surface area contributed by atoms with Gasteiger partial charge in [-0.1, -0.05) is 19.0 Å². The SMILES string of the molecule is CC(C)C(C)OCC(N)=NO. The molecule has 1 atom stereocenters. The Hall–Kier alpha value is -0.770. The molecule has 4 nitrogen and oxygen atoms in total. The van der Waals surface area contributed by atoms with Crippen molar-refractivity contribution in [3.63, 3.8) is 0 Å². The zero-order valence-electron chi connectivity index (χ0n) is 7.24. The molecular weight excluding hydrogens is 144 g/mol. The molecule has 0 rings (SSSR count). The molecule has 0 aliphatic carbocycles. The maximum Gasteiger partial charge on any atom is 0.165 e. The molecular formula is C7H16N2O2. The van der Waals surface area contributed by atoms with Crippen molar-refractivity contribution >= 4 is 5.84 Å². The zero-order chi connectivity index (χ0) is 8.85. The minimum atomic E-state index is 0.109. The van der Waals surface area contributed by atoms with Crippen LogP contribution in [0.1, 0.15) is 20.8 Å². The third-order valence-electron chi connectivity index (χ3n) is 1.56. The topological polar surface area (TPSA) is 67.8 Å². The lowest BCUT2D eigenvalue weighted by molar-refractivity contribution is 0.0597. The predicted octanol–water partition coefficient (Wildman–Crippen LogP) is 0.794. The van der Waals surface area contributed by atoms with Crippen LogP contribution in [0.25, 0.3) is 0 Å². The molecule has 0 aliphatic rings. The summed E-state index contributed by atoms with van der Waals surface area (Å²) in [5, 5.41) is 11.0. The molecule has 0 fully saturated rings. The van der Waals surface area contributed by atoms with Crippen molar-refractivity contribution in [1.82, 2.24) is 0 Å². The monoisotopic (exact) mass is 160 g/mol. The molecule has 0 saturated carbocycles. The summed E-state index contributed by atoms with van der Waals surface area (Å²) in [6.07, 6.45) is 0.135. The highest BCUT2D eigenvalue weighted by atomic mass is 16.5. The van der Waals surface area contributed by atoms with E-state index in [-0.39, 0.29) is 18.5 Å². The van der Waals surface area contributed by atoms with E-state index >= 15 is 0 Å². The lowest BCUT2D eigenvalue weighted by Gasteiger charge is -2.15. The van der Waals surface area contributed by atoms with Crippen molar-refractivity contribution in [3.8, 4) is 0 Å². The molecule has 11 heavy (non-hydrogen) atoms. The smallest absolute Gasteiger partial charge is 0.165 e. The molecule has 0 bridgehead atoms. The molecule has 0 aliphatic heterocycles. The largest absolute Gasteiger partial charge is 0.409 e. The highest BCUT2D eigenvalue weighted by molar-refractivity contribution is 5.80. The van der Waals surface area contributed by atoms with Crippen LogP contribution in [0.2, 0.25) is 0 Å². The van der Waals surface area contributed by atoms with Gasteiger partial charge in [-0.15, -0.1) is 0 Å². The first-order valence-electron chi connectivity index (χ1n) is 3.66. The molecule has 0 amide bonds. The summed E-state index contributed by atoms with van der Waals surface area (Å²) in [7, 11) is 0. The Morgan fingerprint density at radius 1 is 1.55 bits per heavy atom. The minimum absolute atomic E-state index is 0.109. The number of hydrogen-bond donors (Lipinski definition) is 2. The van der Waals surface area contributed by atoms with Gasteiger partial charge < -0.3 is 15.7 Å². The highest BCUT2D eigenvalue weighted by Crippen LogP contribution is 2.04. The zero-order valence-corrected chi connectivity index (χ0v) is 7.24. The van der Waals surface area contributed by atoms with Crippen LogP contribution < -0.4 is 5.73 Å². The molecule has 0 spiro atoms. The third-order valence-corrected chi connectivity index (χ3v) is 1.56. The fourth-order valence-electron chi connectivity index (χ4n) is 0.438. The Morgan fingerprint density at radius 3 is 2.45 bits per heavy atom. The first-order valence-corrected chi connectivity index (χ1v) is 3.66. The van der Waals surface area contributed by atoms with Crippen molar-refractivity contribution in [2.24, 2.45) is 16.8 Å². The Morgan fingerprint density at radius 2 is 2.09 bits per heavy atom. The fourth-order valence-corrected chi connectivity index (χ4v) is 0.438. The van der Waals surface area contributed by atoms with E-state index in [4.69, 9.17) is 15.7 Å². The van der Waals surface area contributed by atoms with Gasteiger partial charge in [0.15, 0.2) is 5.84 Å². The average Bonchev–Trinajstić information content (AvgIpc) is 1.99. The van der Waals surface area contributed by atoms with E-state index in [0.717, 1.165) is 0 Å². The molecule has 66 valence electrons. The van der Waals surface area contributed by atoms with Crippen LogP contribution in [-0.4, -0.2) is 23.8 Å². The van der Waals surface area contributed by atoms with E-state index in [9.17, 15) is 0 Å². The molecule has 0 saturated heterocycles. The van der Waals surface area contributed by atoms with E-state index in [2.05, 4.69) is 19.0 Å². The van der Waals surface area contributed by atoms with Crippen molar-refractivity contribution in [1.29, 1.82) is 0 Å². The molecule has 0 radical (unpaired) electrons. The van der Waals surface area contributed by atoms with E-state index < -0.39 is 0 Å². The average molecular weight is 160 g/mol. The van der Waals surface area contributed by atoms with Crippen molar-refractivity contribution in [2.75, 3.05) is 6.61 Å². The summed E-state index contributed by atoms with van der Waals surface area (Å²) in [5.41, 5.74) is 5.20. The van der Waals surface area contributed by atoms with E-state index in [1.54, 1.807) is 0 Å². The van der Waals surface area contributed by atoms with Gasteiger partial charge in [-0.05, 0) is 12.8 Å². The summed E-state index contributed by atoms with van der Waals surface area (Å²) in [4.78, 5) is 0. The van der Waals surface area contributed by atoms with E-state index in [1.165, 1.54) is 0 Å². The Balaban J connectivity index is 3.54. The summed E-state index contributed by atoms with van der Waals surface area (Å²) in [5.74, 6) is 0.555. The standard InChI is InChI=1S/C7H16N2O2/c1-5(2)6(3)11-4-7(8)9-10/h5-6,10H,4H2,1-3H3,(H2,8,9). The first-order chi connectivity index (χ1) is 5.07. The maximum absolute atomic E-state index is 8.17. The van der Waals surface area contributed by atoms with Crippen molar-refractivity contribution < 1.29 is 9.94 Å². The Labute approximate surface area is 67.0 Å². The molecule has 4 heteroatoms. The predicted molar refractivity (Wildman–Crippen MR) is 43.7 cm³/mol. The van der Waals surface area contributed by atoms with Gasteiger partial charge in [-0.3, -0.25) is 0 Å². The summed E-state index contributed by atoms with van der Waals surface area (Å²) in [6.45, 7) is 6.25. The van der Waals surface area contributed by atoms with E-state index in [0.29, 0.717) is 5.92 Å². The summed E-state index contributed by atoms with van der Waals surface area (Å²) >= 11 is 0. The fraction of sp³-hybridized carbons (Fsp3) is 0.857. The number of nitrogens with zero attached hydrogens (tertiary/aromatic N) is 1. The van der Waals surface area contributed by atoms with Crippen LogP contribution in [0.3, 0.4) is 0 Å².